The number of benzene rings is 2. The Labute approximate surface area is 155 Å². The zero-order valence-corrected chi connectivity index (χ0v) is 14.4. The molecule has 3 rings (SSSR count). The second-order valence-electron chi connectivity index (χ2n) is 6.01. The molecule has 0 bridgehead atoms. The van der Waals surface area contributed by atoms with Gasteiger partial charge in [-0.2, -0.15) is 0 Å². The number of aromatic carboxylic acids is 1. The van der Waals surface area contributed by atoms with Crippen LogP contribution < -0.4 is 5.32 Å². The maximum absolute atomic E-state index is 13.2. The monoisotopic (exact) mass is 367 g/mol. The molecule has 0 aliphatic rings. The summed E-state index contributed by atoms with van der Waals surface area (Å²) < 4.78 is 18.7. The van der Waals surface area contributed by atoms with Crippen LogP contribution in [0.5, 0.6) is 0 Å². The number of rotatable bonds is 7. The predicted octanol–water partition coefficient (Wildman–Crippen LogP) is 4.07. The zero-order valence-electron chi connectivity index (χ0n) is 14.4. The average Bonchev–Trinajstić information content (AvgIpc) is 3.20. The number of halogens is 1. The summed E-state index contributed by atoms with van der Waals surface area (Å²) in [6.07, 6.45) is 2.08. The van der Waals surface area contributed by atoms with Crippen molar-refractivity contribution < 1.29 is 23.5 Å². The van der Waals surface area contributed by atoms with Gasteiger partial charge in [-0.25, -0.2) is 9.18 Å². The van der Waals surface area contributed by atoms with Crippen LogP contribution >= 0.6 is 0 Å². The molecule has 0 saturated carbocycles. The number of hydrogen-bond donors (Lipinski definition) is 2. The third-order valence-corrected chi connectivity index (χ3v) is 4.28. The molecule has 0 fully saturated rings. The van der Waals surface area contributed by atoms with Crippen LogP contribution in [0, 0.1) is 5.82 Å². The lowest BCUT2D eigenvalue weighted by Crippen LogP contribution is -2.27. The van der Waals surface area contributed by atoms with Gasteiger partial charge in [-0.05, 0) is 48.4 Å². The molecule has 0 aliphatic heterocycles. The molecule has 1 atom stereocenters. The van der Waals surface area contributed by atoms with Crippen molar-refractivity contribution in [3.63, 3.8) is 0 Å². The number of hydrogen-bond acceptors (Lipinski definition) is 3. The van der Waals surface area contributed by atoms with E-state index < -0.39 is 11.9 Å². The SMILES string of the molecule is O=C(O)c1ccccc1C(=O)NCC[C@@H](c1ccc(F)cc1)c1ccco1. The molecule has 0 saturated heterocycles. The van der Waals surface area contributed by atoms with Crippen LogP contribution in [-0.2, 0) is 0 Å². The van der Waals surface area contributed by atoms with E-state index in [1.807, 2.05) is 6.07 Å². The van der Waals surface area contributed by atoms with Crippen LogP contribution in [-0.4, -0.2) is 23.5 Å². The van der Waals surface area contributed by atoms with E-state index in [-0.39, 0.29) is 22.9 Å². The standard InChI is InChI=1S/C21H18FNO4/c22-15-9-7-14(8-10-15)16(19-6-3-13-27-19)11-12-23-20(24)17-4-1-2-5-18(17)21(25)26/h1-10,13,16H,11-12H2,(H,23,24)(H,25,26)/t16-/m0/s1. The summed E-state index contributed by atoms with van der Waals surface area (Å²) in [6, 6.07) is 15.8. The molecular formula is C21H18FNO4. The van der Waals surface area contributed by atoms with Crippen molar-refractivity contribution in [2.75, 3.05) is 6.54 Å². The van der Waals surface area contributed by atoms with Gasteiger partial charge in [-0.3, -0.25) is 4.79 Å². The van der Waals surface area contributed by atoms with Crippen molar-refractivity contribution in [3.8, 4) is 0 Å². The Balaban J connectivity index is 1.71. The van der Waals surface area contributed by atoms with E-state index >= 15 is 0 Å². The van der Waals surface area contributed by atoms with Crippen LogP contribution in [0.2, 0.25) is 0 Å². The molecular weight excluding hydrogens is 349 g/mol. The predicted molar refractivity (Wildman–Crippen MR) is 97.3 cm³/mol. The first kappa shape index (κ1) is 18.4. The van der Waals surface area contributed by atoms with Crippen LogP contribution in [0.1, 0.15) is 44.4 Å². The highest BCUT2D eigenvalue weighted by atomic mass is 19.1. The first-order valence-corrected chi connectivity index (χ1v) is 8.45. The summed E-state index contributed by atoms with van der Waals surface area (Å²) in [5, 5.41) is 12.0. The molecule has 0 radical (unpaired) electrons. The maximum Gasteiger partial charge on any atom is 0.336 e. The van der Waals surface area contributed by atoms with Gasteiger partial charge in [0, 0.05) is 12.5 Å². The molecule has 1 heterocycles. The minimum absolute atomic E-state index is 0.0453. The lowest BCUT2D eigenvalue weighted by Gasteiger charge is -2.16. The van der Waals surface area contributed by atoms with Gasteiger partial charge in [0.2, 0.25) is 0 Å². The molecule has 2 N–H and O–H groups in total. The highest BCUT2D eigenvalue weighted by Crippen LogP contribution is 2.28. The quantitative estimate of drug-likeness (QED) is 0.660. The van der Waals surface area contributed by atoms with Gasteiger partial charge in [0.1, 0.15) is 11.6 Å². The lowest BCUT2D eigenvalue weighted by molar-refractivity contribution is 0.0691. The van der Waals surface area contributed by atoms with E-state index in [0.717, 1.165) is 5.56 Å². The second kappa shape index (κ2) is 8.31. The number of nitrogens with one attached hydrogen (secondary N) is 1. The van der Waals surface area contributed by atoms with Gasteiger partial charge < -0.3 is 14.8 Å². The third kappa shape index (κ3) is 4.41. The first-order chi connectivity index (χ1) is 13.1. The number of furan rings is 1. The topological polar surface area (TPSA) is 79.5 Å². The van der Waals surface area contributed by atoms with Gasteiger partial charge in [-0.15, -0.1) is 0 Å². The molecule has 0 spiro atoms. The molecule has 2 aromatic carbocycles. The zero-order chi connectivity index (χ0) is 19.2. The maximum atomic E-state index is 13.2. The van der Waals surface area contributed by atoms with E-state index in [4.69, 9.17) is 4.42 Å². The molecule has 0 aliphatic carbocycles. The van der Waals surface area contributed by atoms with Crippen LogP contribution in [0.3, 0.4) is 0 Å². The minimum atomic E-state index is -1.15. The summed E-state index contributed by atoms with van der Waals surface area (Å²) in [5.41, 5.74) is 0.934. The summed E-state index contributed by atoms with van der Waals surface area (Å²) in [5.74, 6) is -1.38. The van der Waals surface area contributed by atoms with Crippen LogP contribution in [0.15, 0.2) is 71.3 Å². The molecule has 1 aromatic heterocycles. The molecule has 3 aromatic rings. The molecule has 0 unspecified atom stereocenters. The molecule has 27 heavy (non-hydrogen) atoms. The Bertz CT molecular complexity index is 920. The Morgan fingerprint density at radius 3 is 2.33 bits per heavy atom. The highest BCUT2D eigenvalue weighted by Gasteiger charge is 2.19. The largest absolute Gasteiger partial charge is 0.478 e. The molecule has 1 amide bonds. The average molecular weight is 367 g/mol. The van der Waals surface area contributed by atoms with Gasteiger partial charge in [0.05, 0.1) is 17.4 Å². The van der Waals surface area contributed by atoms with E-state index in [9.17, 15) is 19.1 Å². The Hall–Kier alpha value is -3.41. The van der Waals surface area contributed by atoms with Gasteiger partial charge in [0.25, 0.3) is 5.91 Å². The smallest absolute Gasteiger partial charge is 0.336 e. The normalized spacial score (nSPS) is 11.7. The van der Waals surface area contributed by atoms with Gasteiger partial charge in [0.15, 0.2) is 0 Å². The Kier molecular flexibility index (Phi) is 5.66. The fourth-order valence-corrected chi connectivity index (χ4v) is 2.95. The molecule has 6 heteroatoms. The van der Waals surface area contributed by atoms with Crippen LogP contribution in [0.25, 0.3) is 0 Å². The van der Waals surface area contributed by atoms with E-state index in [1.54, 1.807) is 36.6 Å². The number of carbonyl (C=O) groups excluding carboxylic acids is 1. The molecule has 138 valence electrons. The van der Waals surface area contributed by atoms with E-state index in [2.05, 4.69) is 5.32 Å². The van der Waals surface area contributed by atoms with E-state index in [1.165, 1.54) is 24.3 Å². The van der Waals surface area contributed by atoms with Crippen molar-refractivity contribution in [2.24, 2.45) is 0 Å². The summed E-state index contributed by atoms with van der Waals surface area (Å²) in [4.78, 5) is 23.6. The van der Waals surface area contributed by atoms with Crippen molar-refractivity contribution >= 4 is 11.9 Å². The van der Waals surface area contributed by atoms with Crippen molar-refractivity contribution in [1.82, 2.24) is 5.32 Å². The molecule has 5 nitrogen and oxygen atoms in total. The summed E-state index contributed by atoms with van der Waals surface area (Å²) >= 11 is 0. The third-order valence-electron chi connectivity index (χ3n) is 4.28. The number of carboxylic acids is 1. The second-order valence-corrected chi connectivity index (χ2v) is 6.01. The van der Waals surface area contributed by atoms with E-state index in [0.29, 0.717) is 18.7 Å². The van der Waals surface area contributed by atoms with Crippen LogP contribution in [0.4, 0.5) is 4.39 Å². The first-order valence-electron chi connectivity index (χ1n) is 8.45. The number of amides is 1. The number of carboxylic acid groups (broad SMARTS) is 1. The van der Waals surface area contributed by atoms with Gasteiger partial charge >= 0.3 is 5.97 Å². The fraction of sp³-hybridized carbons (Fsp3) is 0.143. The summed E-state index contributed by atoms with van der Waals surface area (Å²) in [7, 11) is 0. The minimum Gasteiger partial charge on any atom is -0.478 e. The van der Waals surface area contributed by atoms with Gasteiger partial charge in [-0.1, -0.05) is 24.3 Å². The number of carbonyl (C=O) groups is 2. The Morgan fingerprint density at radius 1 is 1.00 bits per heavy atom. The van der Waals surface area contributed by atoms with Crippen molar-refractivity contribution in [2.45, 2.75) is 12.3 Å². The van der Waals surface area contributed by atoms with Crippen molar-refractivity contribution in [3.05, 3.63) is 95.2 Å². The lowest BCUT2D eigenvalue weighted by atomic mass is 9.93. The van der Waals surface area contributed by atoms with Crippen molar-refractivity contribution in [1.29, 1.82) is 0 Å². The summed E-state index contributed by atoms with van der Waals surface area (Å²) in [6.45, 7) is 0.301. The Morgan fingerprint density at radius 2 is 1.70 bits per heavy atom. The highest BCUT2D eigenvalue weighted by molar-refractivity contribution is 6.04. The fourth-order valence-electron chi connectivity index (χ4n) is 2.95.